The Bertz CT molecular complexity index is 169. The first kappa shape index (κ1) is 16.5. The molecule has 0 aromatic heterocycles. The maximum absolute atomic E-state index is 10.2. The van der Waals surface area contributed by atoms with Gasteiger partial charge in [-0.05, 0) is 6.42 Å². The number of rotatable bonds is 6. The van der Waals surface area contributed by atoms with Crippen molar-refractivity contribution in [1.82, 2.24) is 0 Å². The van der Waals surface area contributed by atoms with Gasteiger partial charge in [0.25, 0.3) is 0 Å². The molecule has 72 valence electrons. The van der Waals surface area contributed by atoms with Gasteiger partial charge in [-0.3, -0.25) is 4.79 Å². The van der Waals surface area contributed by atoms with Gasteiger partial charge in [0, 0.05) is 6.42 Å². The van der Waals surface area contributed by atoms with E-state index in [9.17, 15) is 4.79 Å². The van der Waals surface area contributed by atoms with Crippen molar-refractivity contribution in [2.45, 2.75) is 38.4 Å². The van der Waals surface area contributed by atoms with Gasteiger partial charge < -0.3 is 5.11 Å². The van der Waals surface area contributed by atoms with Gasteiger partial charge in [-0.25, -0.2) is 0 Å². The summed E-state index contributed by atoms with van der Waals surface area (Å²) in [4.78, 5) is 10.2. The molecule has 0 aliphatic carbocycles. The molecule has 0 atom stereocenters. The monoisotopic (exact) mass is 226 g/mol. The van der Waals surface area contributed by atoms with Crippen molar-refractivity contribution < 1.29 is 9.90 Å². The summed E-state index contributed by atoms with van der Waals surface area (Å²) in [6.07, 6.45) is 2.14. The summed E-state index contributed by atoms with van der Waals surface area (Å²) in [6, 6.07) is 1.16. The Morgan fingerprint density at radius 2 is 2.00 bits per heavy atom. The van der Waals surface area contributed by atoms with Crippen LogP contribution in [0.25, 0.3) is 0 Å². The number of carbonyl (C=O) groups is 1. The van der Waals surface area contributed by atoms with Gasteiger partial charge in [-0.2, -0.15) is 0 Å². The second kappa shape index (κ2) is 8.38. The van der Waals surface area contributed by atoms with Crippen molar-refractivity contribution in [3.05, 3.63) is 12.3 Å². The summed E-state index contributed by atoms with van der Waals surface area (Å²) in [5, 5.41) is 8.39. The number of unbranched alkanes of at least 4 members (excludes halogenated alkanes) is 1. The van der Waals surface area contributed by atoms with Crippen LogP contribution in [-0.4, -0.2) is 70.5 Å². The third-order valence-electron chi connectivity index (χ3n) is 2.01. The van der Waals surface area contributed by atoms with Crippen LogP contribution in [-0.2, 0) is 4.79 Å². The zero-order valence-electron chi connectivity index (χ0n) is 7.97. The molecular formula is C9H19KO2Si. The van der Waals surface area contributed by atoms with E-state index in [2.05, 4.69) is 25.4 Å². The number of hydrogen-bond acceptors (Lipinski definition) is 1. The molecule has 0 heterocycles. The molecule has 4 heteroatoms. The molecule has 0 aromatic carbocycles. The van der Waals surface area contributed by atoms with E-state index >= 15 is 0 Å². The van der Waals surface area contributed by atoms with Crippen molar-refractivity contribution >= 4 is 65.4 Å². The molecule has 1 N–H and O–H groups in total. The average molecular weight is 226 g/mol. The Labute approximate surface area is 124 Å². The Balaban J connectivity index is 0. The first-order valence-corrected chi connectivity index (χ1v) is 7.62. The van der Waals surface area contributed by atoms with E-state index in [0.29, 0.717) is 6.42 Å². The van der Waals surface area contributed by atoms with Crippen molar-refractivity contribution in [2.24, 2.45) is 0 Å². The molecule has 0 aliphatic heterocycles. The van der Waals surface area contributed by atoms with E-state index in [1.165, 1.54) is 0 Å². The van der Waals surface area contributed by atoms with Crippen LogP contribution in [0.1, 0.15) is 19.3 Å². The van der Waals surface area contributed by atoms with Gasteiger partial charge in [-0.15, -0.1) is 12.3 Å². The summed E-state index contributed by atoms with van der Waals surface area (Å²) in [5.41, 5.74) is 2.06. The fourth-order valence-electron chi connectivity index (χ4n) is 0.959. The molecule has 0 saturated carbocycles. The minimum atomic E-state index is -1.18. The summed E-state index contributed by atoms with van der Waals surface area (Å²) < 4.78 is 0. The quantitative estimate of drug-likeness (QED) is 0.556. The summed E-state index contributed by atoms with van der Waals surface area (Å²) in [5.74, 6) is -0.687. The Hall–Kier alpha value is 1.06. The predicted octanol–water partition coefficient (Wildman–Crippen LogP) is 2.03. The van der Waals surface area contributed by atoms with Crippen molar-refractivity contribution in [1.29, 1.82) is 0 Å². The van der Waals surface area contributed by atoms with Gasteiger partial charge in [-0.1, -0.05) is 25.6 Å². The third-order valence-corrected chi connectivity index (χ3v) is 4.76. The fourth-order valence-corrected chi connectivity index (χ4v) is 2.32. The molecular weight excluding hydrogens is 207 g/mol. The molecule has 0 saturated heterocycles. The van der Waals surface area contributed by atoms with E-state index in [-0.39, 0.29) is 51.4 Å². The van der Waals surface area contributed by atoms with Gasteiger partial charge in [0.05, 0.1) is 8.07 Å². The molecule has 0 unspecified atom stereocenters. The van der Waals surface area contributed by atoms with Gasteiger partial charge in [0.15, 0.2) is 0 Å². The first-order chi connectivity index (χ1) is 5.48. The van der Waals surface area contributed by atoms with Crippen LogP contribution in [0.15, 0.2) is 12.3 Å². The molecule has 0 fully saturated rings. The molecule has 0 bridgehead atoms. The molecule has 2 nitrogen and oxygen atoms in total. The zero-order valence-corrected chi connectivity index (χ0v) is 8.97. The molecule has 0 radical (unpaired) electrons. The van der Waals surface area contributed by atoms with Crippen LogP contribution in [0.4, 0.5) is 0 Å². The van der Waals surface area contributed by atoms with Crippen molar-refractivity contribution in [3.8, 4) is 0 Å². The summed E-state index contributed by atoms with van der Waals surface area (Å²) in [6.45, 7) is 8.29. The minimum absolute atomic E-state index is 0. The molecule has 13 heavy (non-hydrogen) atoms. The predicted molar refractivity (Wildman–Crippen MR) is 61.1 cm³/mol. The Morgan fingerprint density at radius 1 is 1.46 bits per heavy atom. The van der Waals surface area contributed by atoms with Gasteiger partial charge in [0.1, 0.15) is 0 Å². The van der Waals surface area contributed by atoms with Crippen LogP contribution in [0.3, 0.4) is 0 Å². The number of hydrogen-bond donors (Lipinski definition) is 1. The van der Waals surface area contributed by atoms with Crippen molar-refractivity contribution in [3.63, 3.8) is 0 Å². The normalized spacial score (nSPS) is 10.3. The van der Waals surface area contributed by atoms with E-state index in [1.54, 1.807) is 0 Å². The molecule has 0 aliphatic rings. The Morgan fingerprint density at radius 3 is 2.38 bits per heavy atom. The van der Waals surface area contributed by atoms with Gasteiger partial charge in [0.2, 0.25) is 0 Å². The second-order valence-corrected chi connectivity index (χ2v) is 8.68. The molecule has 0 amide bonds. The first-order valence-electron chi connectivity index (χ1n) is 4.33. The number of carboxylic acid groups (broad SMARTS) is 1. The topological polar surface area (TPSA) is 37.3 Å². The van der Waals surface area contributed by atoms with Gasteiger partial charge >= 0.3 is 57.4 Å². The van der Waals surface area contributed by atoms with Crippen LogP contribution in [0.5, 0.6) is 0 Å². The Kier molecular flexibility index (Phi) is 10.6. The number of aliphatic carboxylic acids is 1. The summed E-state index contributed by atoms with van der Waals surface area (Å²) in [7, 11) is -1.18. The van der Waals surface area contributed by atoms with Crippen LogP contribution < -0.4 is 0 Å². The molecule has 0 spiro atoms. The standard InChI is InChI=1S/C9H18O2Si.K.H/c1-4-12(2,3)8-6-5-7-9(10)11;;/h4H,1,5-8H2,2-3H3,(H,10,11);;. The van der Waals surface area contributed by atoms with E-state index in [0.717, 1.165) is 18.9 Å². The average Bonchev–Trinajstić information content (AvgIpc) is 1.98. The third kappa shape index (κ3) is 11.0. The van der Waals surface area contributed by atoms with Crippen LogP contribution in [0.2, 0.25) is 19.1 Å². The maximum atomic E-state index is 10.2. The number of carboxylic acids is 1. The zero-order chi connectivity index (χ0) is 9.61. The van der Waals surface area contributed by atoms with Crippen LogP contribution >= 0.6 is 0 Å². The SMILES string of the molecule is C=C[Si](C)(C)CCCCC(=O)O.[KH]. The van der Waals surface area contributed by atoms with E-state index < -0.39 is 14.0 Å². The van der Waals surface area contributed by atoms with Crippen LogP contribution in [0, 0.1) is 0 Å². The van der Waals surface area contributed by atoms with E-state index in [1.807, 2.05) is 0 Å². The second-order valence-electron chi connectivity index (χ2n) is 3.79. The molecule has 0 rings (SSSR count). The molecule has 0 aromatic rings. The summed E-state index contributed by atoms with van der Waals surface area (Å²) >= 11 is 0. The fraction of sp³-hybridized carbons (Fsp3) is 0.667. The van der Waals surface area contributed by atoms with E-state index in [4.69, 9.17) is 5.11 Å². The van der Waals surface area contributed by atoms with Crippen molar-refractivity contribution in [2.75, 3.05) is 0 Å².